The van der Waals surface area contributed by atoms with Gasteiger partial charge in [-0.05, 0) is 31.5 Å². The van der Waals surface area contributed by atoms with Crippen LogP contribution < -0.4 is 5.32 Å². The van der Waals surface area contributed by atoms with Crippen LogP contribution in [0.1, 0.15) is 36.7 Å². The summed E-state index contributed by atoms with van der Waals surface area (Å²) in [5, 5.41) is 16.8. The van der Waals surface area contributed by atoms with Crippen molar-refractivity contribution in [2.24, 2.45) is 0 Å². The Hall–Kier alpha value is -2.96. The van der Waals surface area contributed by atoms with E-state index < -0.39 is 46.8 Å². The van der Waals surface area contributed by atoms with Crippen molar-refractivity contribution in [3.8, 4) is 0 Å². The van der Waals surface area contributed by atoms with Crippen LogP contribution in [-0.4, -0.2) is 30.3 Å². The zero-order valence-electron chi connectivity index (χ0n) is 15.3. The predicted molar refractivity (Wildman–Crippen MR) is 89.8 cm³/mol. The molecule has 0 aliphatic rings. The fraction of sp³-hybridized carbons (Fsp3) is 0.353. The van der Waals surface area contributed by atoms with Crippen molar-refractivity contribution < 1.29 is 35.8 Å². The molecule has 1 unspecified atom stereocenters. The topological polar surface area (TPSA) is 75.3 Å². The molecule has 3 aromatic rings. The summed E-state index contributed by atoms with van der Waals surface area (Å²) < 4.78 is 92.9. The highest BCUT2D eigenvalue weighted by atomic mass is 19.4. The van der Waals surface area contributed by atoms with Gasteiger partial charge in [-0.3, -0.25) is 0 Å². The van der Waals surface area contributed by atoms with Crippen molar-refractivity contribution in [3.05, 3.63) is 53.2 Å². The average Bonchev–Trinajstić information content (AvgIpc) is 3.05. The maximum Gasteiger partial charge on any atom is 0.433 e. The SMILES string of the molecule is CC(C)(O)C(Nc1cc(C(F)(F)F)nc2ncnn12)c1ccc(C(F)(F)F)c(F)c1. The van der Waals surface area contributed by atoms with Crippen molar-refractivity contribution in [1.29, 1.82) is 0 Å². The summed E-state index contributed by atoms with van der Waals surface area (Å²) in [6.07, 6.45) is -8.81. The van der Waals surface area contributed by atoms with Crippen LogP contribution in [0.15, 0.2) is 30.6 Å². The number of hydrogen-bond donors (Lipinski definition) is 2. The van der Waals surface area contributed by atoms with Gasteiger partial charge in [0, 0.05) is 6.07 Å². The first-order chi connectivity index (χ1) is 13.7. The molecule has 0 aliphatic carbocycles. The summed E-state index contributed by atoms with van der Waals surface area (Å²) in [4.78, 5) is 6.94. The largest absolute Gasteiger partial charge is 0.433 e. The zero-order valence-corrected chi connectivity index (χ0v) is 15.3. The molecule has 13 heteroatoms. The van der Waals surface area contributed by atoms with E-state index in [0.29, 0.717) is 18.2 Å². The van der Waals surface area contributed by atoms with Gasteiger partial charge in [0.2, 0.25) is 0 Å². The third-order valence-electron chi connectivity index (χ3n) is 4.17. The molecule has 0 fully saturated rings. The molecule has 1 aromatic carbocycles. The maximum atomic E-state index is 14.0. The van der Waals surface area contributed by atoms with E-state index in [1.165, 1.54) is 13.8 Å². The van der Waals surface area contributed by atoms with Crippen molar-refractivity contribution in [2.45, 2.75) is 37.8 Å². The molecule has 0 saturated heterocycles. The minimum Gasteiger partial charge on any atom is -0.388 e. The van der Waals surface area contributed by atoms with Gasteiger partial charge in [-0.1, -0.05) is 6.07 Å². The second-order valence-electron chi connectivity index (χ2n) is 6.96. The summed E-state index contributed by atoms with van der Waals surface area (Å²) >= 11 is 0. The monoisotopic (exact) mass is 437 g/mol. The highest BCUT2D eigenvalue weighted by Gasteiger charge is 2.37. The first kappa shape index (κ1) is 21.7. The normalized spacial score (nSPS) is 14.2. The van der Waals surface area contributed by atoms with Gasteiger partial charge >= 0.3 is 12.4 Å². The predicted octanol–water partition coefficient (Wildman–Crippen LogP) is 4.23. The lowest BCUT2D eigenvalue weighted by Crippen LogP contribution is -2.35. The Bertz CT molecular complexity index is 1070. The highest BCUT2D eigenvalue weighted by molar-refractivity contribution is 5.48. The zero-order chi connectivity index (χ0) is 22.5. The number of aromatic nitrogens is 4. The Morgan fingerprint density at radius 2 is 1.70 bits per heavy atom. The van der Waals surface area contributed by atoms with Crippen LogP contribution in [0.5, 0.6) is 0 Å². The number of rotatable bonds is 4. The minimum atomic E-state index is -4.93. The second kappa shape index (κ2) is 7.07. The highest BCUT2D eigenvalue weighted by Crippen LogP contribution is 2.36. The number of anilines is 1. The van der Waals surface area contributed by atoms with Crippen LogP contribution in [-0.2, 0) is 12.4 Å². The maximum absolute atomic E-state index is 14.0. The molecule has 0 saturated carbocycles. The van der Waals surface area contributed by atoms with Gasteiger partial charge in [-0.2, -0.15) is 40.9 Å². The van der Waals surface area contributed by atoms with Gasteiger partial charge in [0.15, 0.2) is 5.69 Å². The van der Waals surface area contributed by atoms with Gasteiger partial charge in [-0.25, -0.2) is 9.37 Å². The minimum absolute atomic E-state index is 0.133. The van der Waals surface area contributed by atoms with Gasteiger partial charge in [0.05, 0.1) is 17.2 Å². The number of hydrogen-bond acceptors (Lipinski definition) is 5. The van der Waals surface area contributed by atoms with E-state index in [2.05, 4.69) is 20.4 Å². The summed E-state index contributed by atoms with van der Waals surface area (Å²) in [5.41, 5.74) is -4.69. The van der Waals surface area contributed by atoms with E-state index in [1.54, 1.807) is 0 Å². The number of nitrogens with one attached hydrogen (secondary N) is 1. The van der Waals surface area contributed by atoms with Gasteiger partial charge in [0.25, 0.3) is 5.78 Å². The van der Waals surface area contributed by atoms with E-state index in [1.807, 2.05) is 0 Å². The van der Waals surface area contributed by atoms with Crippen molar-refractivity contribution >= 4 is 11.6 Å². The Kier molecular flexibility index (Phi) is 5.13. The first-order valence-electron chi connectivity index (χ1n) is 8.31. The quantitative estimate of drug-likeness (QED) is 0.598. The molecule has 0 spiro atoms. The standard InChI is InChI=1S/C17H14F7N5O/c1-15(2,30)13(8-3-4-9(10(18)5-8)16(19,20)21)28-12-6-11(17(22,23)24)27-14-25-7-26-29(12)14/h3-7,13,28,30H,1-2H3. The van der Waals surface area contributed by atoms with Crippen LogP contribution in [0.2, 0.25) is 0 Å². The van der Waals surface area contributed by atoms with Gasteiger partial charge < -0.3 is 10.4 Å². The van der Waals surface area contributed by atoms with Crippen LogP contribution in [0, 0.1) is 5.82 Å². The molecule has 2 N–H and O–H groups in total. The molecule has 6 nitrogen and oxygen atoms in total. The number of nitrogens with zero attached hydrogens (tertiary/aromatic N) is 4. The molecule has 162 valence electrons. The summed E-state index contributed by atoms with van der Waals surface area (Å²) in [6, 6.07) is 1.25. The lowest BCUT2D eigenvalue weighted by Gasteiger charge is -2.31. The van der Waals surface area contributed by atoms with Crippen LogP contribution in [0.3, 0.4) is 0 Å². The molecular formula is C17H14F7N5O. The third kappa shape index (κ3) is 4.30. The molecule has 0 radical (unpaired) electrons. The lowest BCUT2D eigenvalue weighted by molar-refractivity contribution is -0.141. The number of alkyl halides is 6. The molecule has 0 aliphatic heterocycles. The van der Waals surface area contributed by atoms with E-state index in [4.69, 9.17) is 0 Å². The summed E-state index contributed by atoms with van der Waals surface area (Å²) in [7, 11) is 0. The first-order valence-corrected chi connectivity index (χ1v) is 8.31. The van der Waals surface area contributed by atoms with E-state index >= 15 is 0 Å². The van der Waals surface area contributed by atoms with E-state index in [0.717, 1.165) is 16.9 Å². The Balaban J connectivity index is 2.10. The molecule has 30 heavy (non-hydrogen) atoms. The van der Waals surface area contributed by atoms with Crippen LogP contribution in [0.25, 0.3) is 5.78 Å². The molecule has 0 bridgehead atoms. The molecule has 2 aromatic heterocycles. The van der Waals surface area contributed by atoms with Crippen LogP contribution >= 0.6 is 0 Å². The van der Waals surface area contributed by atoms with Crippen molar-refractivity contribution in [1.82, 2.24) is 19.6 Å². The molecule has 1 atom stereocenters. The Morgan fingerprint density at radius 1 is 1.03 bits per heavy atom. The third-order valence-corrected chi connectivity index (χ3v) is 4.17. The van der Waals surface area contributed by atoms with Crippen molar-refractivity contribution in [3.63, 3.8) is 0 Å². The Labute approximate surface area is 164 Å². The number of aliphatic hydroxyl groups is 1. The molecule has 0 amide bonds. The lowest BCUT2D eigenvalue weighted by atomic mass is 9.91. The number of fused-ring (bicyclic) bond motifs is 1. The molecule has 3 rings (SSSR count). The van der Waals surface area contributed by atoms with Crippen LogP contribution in [0.4, 0.5) is 36.6 Å². The van der Waals surface area contributed by atoms with Gasteiger partial charge in [-0.15, -0.1) is 0 Å². The van der Waals surface area contributed by atoms with Crippen molar-refractivity contribution in [2.75, 3.05) is 5.32 Å². The van der Waals surface area contributed by atoms with Gasteiger partial charge in [0.1, 0.15) is 18.0 Å². The average molecular weight is 437 g/mol. The van der Waals surface area contributed by atoms with E-state index in [9.17, 15) is 35.8 Å². The number of halogens is 7. The fourth-order valence-electron chi connectivity index (χ4n) is 2.82. The fourth-order valence-corrected chi connectivity index (χ4v) is 2.82. The summed E-state index contributed by atoms with van der Waals surface area (Å²) in [6.45, 7) is 2.51. The smallest absolute Gasteiger partial charge is 0.388 e. The molecule has 2 heterocycles. The second-order valence-corrected chi connectivity index (χ2v) is 6.96. The molecular weight excluding hydrogens is 423 g/mol. The van der Waals surface area contributed by atoms with E-state index in [-0.39, 0.29) is 11.4 Å². The summed E-state index contributed by atoms with van der Waals surface area (Å²) in [5.74, 6) is -2.30. The number of benzene rings is 1. The Morgan fingerprint density at radius 3 is 2.23 bits per heavy atom.